The van der Waals surface area contributed by atoms with E-state index in [-0.39, 0.29) is 14.9 Å². The molecule has 0 saturated carbocycles. The molecule has 32 heavy (non-hydrogen) atoms. The van der Waals surface area contributed by atoms with Crippen molar-refractivity contribution in [2.75, 3.05) is 37.2 Å². The number of rotatable bonds is 8. The Bertz CT molecular complexity index is 1220. The van der Waals surface area contributed by atoms with Crippen LogP contribution in [-0.2, 0) is 17.1 Å². The van der Waals surface area contributed by atoms with Crippen molar-refractivity contribution in [3.8, 4) is 11.1 Å². The second-order valence-corrected chi connectivity index (χ2v) is 10.1. The fraction of sp³-hybridized carbons (Fsp3) is 0.333. The lowest BCUT2D eigenvalue weighted by atomic mass is 10.1. The van der Waals surface area contributed by atoms with Crippen molar-refractivity contribution >= 4 is 44.7 Å². The van der Waals surface area contributed by atoms with Crippen LogP contribution in [0.3, 0.4) is 0 Å². The van der Waals surface area contributed by atoms with Crippen LogP contribution in [0.25, 0.3) is 11.1 Å². The van der Waals surface area contributed by atoms with Crippen LogP contribution in [0.4, 0.5) is 11.5 Å². The molecule has 0 fully saturated rings. The normalized spacial score (nSPS) is 11.8. The maximum absolute atomic E-state index is 13.1. The molecule has 3 rings (SSSR count). The van der Waals surface area contributed by atoms with E-state index in [2.05, 4.69) is 25.0 Å². The molecule has 0 aliphatic carbocycles. The lowest BCUT2D eigenvalue weighted by molar-refractivity contribution is 0.425. The van der Waals surface area contributed by atoms with Gasteiger partial charge >= 0.3 is 0 Å². The van der Waals surface area contributed by atoms with Crippen LogP contribution in [0.2, 0.25) is 10.0 Å². The molecule has 2 heterocycles. The predicted octanol–water partition coefficient (Wildman–Crippen LogP) is 4.18. The first kappa shape index (κ1) is 24.3. The summed E-state index contributed by atoms with van der Waals surface area (Å²) in [6.07, 6.45) is 1.68. The summed E-state index contributed by atoms with van der Waals surface area (Å²) < 4.78 is 30.4. The quantitative estimate of drug-likeness (QED) is 0.485. The topological polar surface area (TPSA) is 92.1 Å². The largest absolute Gasteiger partial charge is 0.369 e. The van der Waals surface area contributed by atoms with Crippen molar-refractivity contribution in [1.82, 2.24) is 19.7 Å². The average molecular weight is 497 g/mol. The number of halogens is 2. The van der Waals surface area contributed by atoms with Gasteiger partial charge in [-0.05, 0) is 63.3 Å². The van der Waals surface area contributed by atoms with Gasteiger partial charge in [-0.1, -0.05) is 23.2 Å². The Balaban J connectivity index is 1.91. The highest BCUT2D eigenvalue weighted by molar-refractivity contribution is 7.93. The maximum atomic E-state index is 13.1. The van der Waals surface area contributed by atoms with Gasteiger partial charge in [0, 0.05) is 26.3 Å². The molecule has 0 radical (unpaired) electrons. The zero-order chi connectivity index (χ0) is 23.6. The Morgan fingerprint density at radius 1 is 1.09 bits per heavy atom. The minimum Gasteiger partial charge on any atom is -0.369 e. The molecule has 0 atom stereocenters. The number of sulfonamides is 1. The molecule has 2 N–H and O–H groups in total. The van der Waals surface area contributed by atoms with Crippen molar-refractivity contribution in [2.45, 2.75) is 18.7 Å². The number of benzene rings is 1. The summed E-state index contributed by atoms with van der Waals surface area (Å²) in [7, 11) is 1.71. The van der Waals surface area contributed by atoms with Crippen LogP contribution in [-0.4, -0.2) is 55.3 Å². The molecule has 0 aliphatic heterocycles. The highest BCUT2D eigenvalue weighted by Crippen LogP contribution is 2.36. The molecule has 0 unspecified atom stereocenters. The Labute approximate surface area is 198 Å². The summed E-state index contributed by atoms with van der Waals surface area (Å²) in [6, 6.07) is 6.86. The van der Waals surface area contributed by atoms with Crippen LogP contribution in [0.1, 0.15) is 11.4 Å². The molecule has 3 aromatic rings. The van der Waals surface area contributed by atoms with Gasteiger partial charge in [-0.25, -0.2) is 13.4 Å². The van der Waals surface area contributed by atoms with Crippen molar-refractivity contribution in [1.29, 1.82) is 0 Å². The number of nitrogens with one attached hydrogen (secondary N) is 2. The van der Waals surface area contributed by atoms with Crippen LogP contribution < -0.4 is 10.0 Å². The van der Waals surface area contributed by atoms with E-state index in [1.807, 2.05) is 26.2 Å². The van der Waals surface area contributed by atoms with E-state index in [0.717, 1.165) is 18.7 Å². The fourth-order valence-corrected chi connectivity index (χ4v) is 5.60. The smallest absolute Gasteiger partial charge is 0.264 e. The highest BCUT2D eigenvalue weighted by atomic mass is 35.5. The lowest BCUT2D eigenvalue weighted by Crippen LogP contribution is -2.21. The number of hydrogen-bond acceptors (Lipinski definition) is 6. The monoisotopic (exact) mass is 496 g/mol. The van der Waals surface area contributed by atoms with E-state index in [4.69, 9.17) is 23.2 Å². The number of hydrogen-bond donors (Lipinski definition) is 2. The zero-order valence-electron chi connectivity index (χ0n) is 18.6. The van der Waals surface area contributed by atoms with Crippen LogP contribution in [0.15, 0.2) is 35.4 Å². The maximum Gasteiger partial charge on any atom is 0.264 e. The van der Waals surface area contributed by atoms with E-state index < -0.39 is 10.0 Å². The number of nitrogens with zero attached hydrogens (tertiary/aromatic N) is 4. The number of likely N-dealkylation sites (N-methyl/N-ethyl adjacent to an activating group) is 1. The third-order valence-corrected chi connectivity index (χ3v) is 7.24. The van der Waals surface area contributed by atoms with Gasteiger partial charge in [0.1, 0.15) is 10.7 Å². The highest BCUT2D eigenvalue weighted by Gasteiger charge is 2.25. The SMILES string of the molecule is Cc1nn(C)c(C)c1NS(=O)(=O)c1c(Cl)cc(-c2ccnc(NCCN(C)C)c2)cc1Cl. The minimum absolute atomic E-state index is 0.0260. The molecule has 0 amide bonds. The number of pyridine rings is 1. The van der Waals surface area contributed by atoms with Crippen LogP contribution in [0.5, 0.6) is 0 Å². The summed E-state index contributed by atoms with van der Waals surface area (Å²) in [6.45, 7) is 5.10. The zero-order valence-corrected chi connectivity index (χ0v) is 20.9. The van der Waals surface area contributed by atoms with E-state index >= 15 is 0 Å². The van der Waals surface area contributed by atoms with Gasteiger partial charge < -0.3 is 10.2 Å². The first-order valence-electron chi connectivity index (χ1n) is 9.86. The van der Waals surface area contributed by atoms with E-state index in [1.54, 1.807) is 43.9 Å². The van der Waals surface area contributed by atoms with Gasteiger partial charge in [-0.2, -0.15) is 5.10 Å². The van der Waals surface area contributed by atoms with Gasteiger partial charge in [-0.3, -0.25) is 9.40 Å². The third kappa shape index (κ3) is 5.35. The van der Waals surface area contributed by atoms with Gasteiger partial charge in [0.25, 0.3) is 10.0 Å². The summed E-state index contributed by atoms with van der Waals surface area (Å²) in [5.41, 5.74) is 3.15. The summed E-state index contributed by atoms with van der Waals surface area (Å²) in [5.74, 6) is 0.706. The molecule has 2 aromatic heterocycles. The molecule has 8 nitrogen and oxygen atoms in total. The van der Waals surface area contributed by atoms with E-state index in [9.17, 15) is 8.42 Å². The molecule has 0 bridgehead atoms. The van der Waals surface area contributed by atoms with Crippen molar-refractivity contribution in [3.05, 3.63) is 51.9 Å². The van der Waals surface area contributed by atoms with Gasteiger partial charge in [-0.15, -0.1) is 0 Å². The number of anilines is 2. The Kier molecular flexibility index (Phi) is 7.34. The van der Waals surface area contributed by atoms with E-state index in [1.165, 1.54) is 0 Å². The van der Waals surface area contributed by atoms with Gasteiger partial charge in [0.15, 0.2) is 0 Å². The van der Waals surface area contributed by atoms with Crippen molar-refractivity contribution in [2.24, 2.45) is 7.05 Å². The lowest BCUT2D eigenvalue weighted by Gasteiger charge is -2.14. The Morgan fingerprint density at radius 2 is 1.75 bits per heavy atom. The van der Waals surface area contributed by atoms with Crippen molar-refractivity contribution < 1.29 is 8.42 Å². The fourth-order valence-electron chi connectivity index (χ4n) is 3.20. The molecular formula is C21H26Cl2N6O2S. The molecule has 0 spiro atoms. The molecular weight excluding hydrogens is 471 g/mol. The summed E-state index contributed by atoms with van der Waals surface area (Å²) >= 11 is 12.8. The minimum atomic E-state index is -4.03. The second kappa shape index (κ2) is 9.66. The molecule has 0 saturated heterocycles. The molecule has 0 aliphatic rings. The molecule has 172 valence electrons. The second-order valence-electron chi connectivity index (χ2n) is 7.70. The van der Waals surface area contributed by atoms with E-state index in [0.29, 0.717) is 28.5 Å². The van der Waals surface area contributed by atoms with Crippen LogP contribution >= 0.6 is 23.2 Å². The Hall–Kier alpha value is -2.33. The van der Waals surface area contributed by atoms with Gasteiger partial charge in [0.2, 0.25) is 0 Å². The first-order chi connectivity index (χ1) is 15.0. The molecule has 11 heteroatoms. The van der Waals surface area contributed by atoms with Gasteiger partial charge in [0.05, 0.1) is 27.1 Å². The number of aromatic nitrogens is 3. The summed E-state index contributed by atoms with van der Waals surface area (Å²) in [4.78, 5) is 6.21. The standard InChI is InChI=1S/C21H26Cl2N6O2S/c1-13-20(14(2)29(5)26-13)27-32(30,31)21-17(22)10-16(11-18(21)23)15-6-7-24-19(12-15)25-8-9-28(3)4/h6-7,10-12,27H,8-9H2,1-5H3,(H,24,25). The van der Waals surface area contributed by atoms with Crippen LogP contribution in [0, 0.1) is 13.8 Å². The molecule has 1 aromatic carbocycles. The number of aryl methyl sites for hydroxylation is 2. The van der Waals surface area contributed by atoms with Crippen molar-refractivity contribution in [3.63, 3.8) is 0 Å². The Morgan fingerprint density at radius 3 is 2.31 bits per heavy atom. The average Bonchev–Trinajstić information content (AvgIpc) is 2.93. The first-order valence-corrected chi connectivity index (χ1v) is 12.1. The third-order valence-electron chi connectivity index (χ3n) is 4.97. The predicted molar refractivity (Wildman–Crippen MR) is 130 cm³/mol. The summed E-state index contributed by atoms with van der Waals surface area (Å²) in [5, 5.41) is 7.55.